The van der Waals surface area contributed by atoms with Gasteiger partial charge in [0.2, 0.25) is 11.8 Å². The molecular weight excluding hydrogens is 741 g/mol. The van der Waals surface area contributed by atoms with Crippen molar-refractivity contribution >= 4 is 52.5 Å². The summed E-state index contributed by atoms with van der Waals surface area (Å²) in [4.78, 5) is 60.4. The van der Waals surface area contributed by atoms with E-state index in [1.165, 1.54) is 11.0 Å². The maximum atomic E-state index is 15.5. The summed E-state index contributed by atoms with van der Waals surface area (Å²) in [5.74, 6) is -3.98. The number of carbonyl (C=O) groups excluding carboxylic acids is 4. The number of hydrogen-bond donors (Lipinski definition) is 2. The molecule has 2 saturated heterocycles. The van der Waals surface area contributed by atoms with E-state index in [9.17, 15) is 14.7 Å². The normalized spacial score (nSPS) is 26.7. The number of phenols is 1. The number of aromatic hydroxyl groups is 1. The van der Waals surface area contributed by atoms with Crippen LogP contribution in [0.3, 0.4) is 0 Å². The Hall–Kier alpha value is -5.58. The number of phenolic OH excluding ortho intramolecular Hbond substituents is 1. The molecule has 1 saturated carbocycles. The minimum Gasteiger partial charge on any atom is -0.508 e. The average Bonchev–Trinajstić information content (AvgIpc) is 3.56. The van der Waals surface area contributed by atoms with Gasteiger partial charge < -0.3 is 14.6 Å². The van der Waals surface area contributed by atoms with Gasteiger partial charge in [0, 0.05) is 22.9 Å². The van der Waals surface area contributed by atoms with Crippen LogP contribution in [0.15, 0.2) is 114 Å². The van der Waals surface area contributed by atoms with Crippen molar-refractivity contribution in [3.63, 3.8) is 0 Å². The zero-order valence-electron chi connectivity index (χ0n) is 29.6. The molecule has 9 rings (SSSR count). The second kappa shape index (κ2) is 13.3. The van der Waals surface area contributed by atoms with Gasteiger partial charge in [-0.15, -0.1) is 0 Å². The van der Waals surface area contributed by atoms with E-state index in [0.29, 0.717) is 51.8 Å². The van der Waals surface area contributed by atoms with Crippen molar-refractivity contribution in [1.82, 2.24) is 9.91 Å². The molecule has 5 aliphatic rings. The van der Waals surface area contributed by atoms with E-state index >= 15 is 9.59 Å². The fourth-order valence-electron chi connectivity index (χ4n) is 9.65. The van der Waals surface area contributed by atoms with Crippen molar-refractivity contribution in [2.75, 3.05) is 12.5 Å². The first-order chi connectivity index (χ1) is 26.6. The number of benzene rings is 4. The SMILES string of the molecule is COc1ccc([C@@]23C(=O)N(Nc4ccc(Cl)cc4Cl)C(=O)[C@@H]2C[C@@H]2C(=CC[C@@H]4C(=O)N(Cc5ccccc5)C(=O)[C@@H]42)[C@@H]3C2=COc3ccc(O)cc3C2)cc1. The molecule has 3 aliphatic heterocycles. The highest BCUT2D eigenvalue weighted by molar-refractivity contribution is 6.36. The standard InChI is InChI=1S/C43H35Cl2N3O7/c1-54-29-11-7-26(8-12-29)43-33(40(51)48(42(43)53)46-35-15-9-27(44)19-34(35)45)20-32-30(38(43)25-17-24-18-28(49)10-16-36(24)55-22-25)13-14-31-37(32)41(52)47(39(31)50)21-23-5-3-2-4-6-23/h2-13,15-16,18-19,22,31-33,37-38,46,49H,14,17,20-21H2,1H3/t31-,32+,33-,37-,38-,43+/m0/s1. The van der Waals surface area contributed by atoms with Crippen LogP contribution in [0, 0.1) is 29.6 Å². The number of methoxy groups -OCH3 is 1. The molecule has 12 heteroatoms. The molecule has 4 aromatic rings. The largest absolute Gasteiger partial charge is 0.508 e. The third kappa shape index (κ3) is 5.45. The van der Waals surface area contributed by atoms with E-state index in [2.05, 4.69) is 5.43 Å². The number of hydrogen-bond acceptors (Lipinski definition) is 8. The molecule has 2 N–H and O–H groups in total. The summed E-state index contributed by atoms with van der Waals surface area (Å²) in [7, 11) is 1.55. The van der Waals surface area contributed by atoms with E-state index in [1.807, 2.05) is 48.5 Å². The molecule has 4 amide bonds. The smallest absolute Gasteiger partial charge is 0.260 e. The summed E-state index contributed by atoms with van der Waals surface area (Å²) >= 11 is 12.8. The lowest BCUT2D eigenvalue weighted by molar-refractivity contribution is -0.142. The molecular formula is C43H35Cl2N3O7. The molecule has 3 heterocycles. The lowest BCUT2D eigenvalue weighted by atomic mass is 9.48. The maximum absolute atomic E-state index is 15.5. The zero-order chi connectivity index (χ0) is 38.2. The molecule has 0 radical (unpaired) electrons. The fraction of sp³-hybridized carbons (Fsp3) is 0.256. The van der Waals surface area contributed by atoms with Crippen LogP contribution >= 0.6 is 23.2 Å². The van der Waals surface area contributed by atoms with E-state index in [1.54, 1.807) is 55.8 Å². The molecule has 278 valence electrons. The van der Waals surface area contributed by atoms with Gasteiger partial charge in [0.05, 0.1) is 53.8 Å². The number of hydrazine groups is 1. The Morgan fingerprint density at radius 1 is 0.909 bits per heavy atom. The Kier molecular flexibility index (Phi) is 8.51. The first-order valence-electron chi connectivity index (χ1n) is 18.1. The molecule has 2 aliphatic carbocycles. The summed E-state index contributed by atoms with van der Waals surface area (Å²) in [6.07, 6.45) is 4.37. The highest BCUT2D eigenvalue weighted by Crippen LogP contribution is 2.63. The first kappa shape index (κ1) is 35.1. The van der Waals surface area contributed by atoms with Crippen molar-refractivity contribution in [3.05, 3.63) is 141 Å². The Balaban J connectivity index is 1.22. The lowest BCUT2D eigenvalue weighted by Crippen LogP contribution is -2.55. The van der Waals surface area contributed by atoms with Crippen LogP contribution < -0.4 is 14.9 Å². The number of rotatable bonds is 7. The summed E-state index contributed by atoms with van der Waals surface area (Å²) in [6, 6.07) is 26.1. The number of ether oxygens (including phenoxy) is 2. The van der Waals surface area contributed by atoms with Crippen molar-refractivity contribution < 1.29 is 33.8 Å². The minimum absolute atomic E-state index is 0.0588. The van der Waals surface area contributed by atoms with E-state index in [4.69, 9.17) is 32.7 Å². The van der Waals surface area contributed by atoms with Crippen molar-refractivity contribution in [2.24, 2.45) is 29.6 Å². The summed E-state index contributed by atoms with van der Waals surface area (Å²) in [5, 5.41) is 12.1. The van der Waals surface area contributed by atoms with Gasteiger partial charge >= 0.3 is 0 Å². The monoisotopic (exact) mass is 775 g/mol. The van der Waals surface area contributed by atoms with Gasteiger partial charge in [-0.3, -0.25) is 29.5 Å². The molecule has 3 fully saturated rings. The van der Waals surface area contributed by atoms with Gasteiger partial charge in [-0.2, -0.15) is 5.01 Å². The number of nitrogens with one attached hydrogen (secondary N) is 1. The molecule has 4 aromatic carbocycles. The van der Waals surface area contributed by atoms with Crippen LogP contribution in [0.1, 0.15) is 29.5 Å². The highest BCUT2D eigenvalue weighted by Gasteiger charge is 2.70. The zero-order valence-corrected chi connectivity index (χ0v) is 31.1. The molecule has 55 heavy (non-hydrogen) atoms. The van der Waals surface area contributed by atoms with Crippen molar-refractivity contribution in [2.45, 2.75) is 31.2 Å². The number of carbonyl (C=O) groups is 4. The van der Waals surface area contributed by atoms with Crippen LogP contribution in [0.25, 0.3) is 0 Å². The first-order valence-corrected chi connectivity index (χ1v) is 18.9. The van der Waals surface area contributed by atoms with Crippen LogP contribution in [0.5, 0.6) is 17.2 Å². The number of anilines is 1. The second-order valence-electron chi connectivity index (χ2n) is 14.7. The number of amides is 4. The Morgan fingerprint density at radius 2 is 1.69 bits per heavy atom. The lowest BCUT2D eigenvalue weighted by Gasteiger charge is -2.51. The molecule has 0 bridgehead atoms. The Labute approximate surface area is 326 Å². The molecule has 0 spiro atoms. The van der Waals surface area contributed by atoms with Crippen LogP contribution in [-0.2, 0) is 37.6 Å². The van der Waals surface area contributed by atoms with Gasteiger partial charge in [0.15, 0.2) is 0 Å². The van der Waals surface area contributed by atoms with Crippen molar-refractivity contribution in [1.29, 1.82) is 0 Å². The third-order valence-electron chi connectivity index (χ3n) is 12.0. The van der Waals surface area contributed by atoms with E-state index in [0.717, 1.165) is 16.1 Å². The topological polar surface area (TPSA) is 125 Å². The molecule has 0 unspecified atom stereocenters. The Bertz CT molecular complexity index is 2350. The van der Waals surface area contributed by atoms with Gasteiger partial charge in [-0.05, 0) is 84.0 Å². The highest BCUT2D eigenvalue weighted by atomic mass is 35.5. The quantitative estimate of drug-likeness (QED) is 0.149. The van der Waals surface area contributed by atoms with Gasteiger partial charge in [0.1, 0.15) is 17.2 Å². The summed E-state index contributed by atoms with van der Waals surface area (Å²) in [5.41, 5.74) is 5.42. The molecule has 6 atom stereocenters. The van der Waals surface area contributed by atoms with Crippen LogP contribution in [0.4, 0.5) is 5.69 Å². The minimum atomic E-state index is -1.52. The van der Waals surface area contributed by atoms with Gasteiger partial charge in [-0.1, -0.05) is 77.3 Å². The average molecular weight is 777 g/mol. The van der Waals surface area contributed by atoms with Gasteiger partial charge in [0.25, 0.3) is 11.8 Å². The van der Waals surface area contributed by atoms with Crippen molar-refractivity contribution in [3.8, 4) is 17.2 Å². The number of imide groups is 2. The number of likely N-dealkylation sites (tertiary alicyclic amines) is 1. The summed E-state index contributed by atoms with van der Waals surface area (Å²) in [6.45, 7) is 0.145. The predicted octanol–water partition coefficient (Wildman–Crippen LogP) is 7.24. The van der Waals surface area contributed by atoms with E-state index in [-0.39, 0.29) is 35.6 Å². The third-order valence-corrected chi connectivity index (χ3v) is 12.5. The number of fused-ring (bicyclic) bond motifs is 5. The van der Waals surface area contributed by atoms with Gasteiger partial charge in [-0.25, -0.2) is 0 Å². The van der Waals surface area contributed by atoms with Crippen LogP contribution in [0.2, 0.25) is 10.0 Å². The molecule has 0 aromatic heterocycles. The number of allylic oxidation sites excluding steroid dienone is 3. The summed E-state index contributed by atoms with van der Waals surface area (Å²) < 4.78 is 11.7. The van der Waals surface area contributed by atoms with E-state index < -0.39 is 46.8 Å². The predicted molar refractivity (Wildman–Crippen MR) is 204 cm³/mol. The molecule has 10 nitrogen and oxygen atoms in total. The maximum Gasteiger partial charge on any atom is 0.260 e. The number of nitrogens with zero attached hydrogens (tertiary/aromatic N) is 2. The van der Waals surface area contributed by atoms with Crippen LogP contribution in [-0.4, -0.2) is 45.8 Å². The Morgan fingerprint density at radius 3 is 2.44 bits per heavy atom. The fourth-order valence-corrected chi connectivity index (χ4v) is 10.1. The number of halogens is 2. The second-order valence-corrected chi connectivity index (χ2v) is 15.6.